The predicted octanol–water partition coefficient (Wildman–Crippen LogP) is 2.40. The van der Waals surface area contributed by atoms with Crippen LogP contribution in [-0.4, -0.2) is 36.9 Å². The molecule has 0 aromatic carbocycles. The van der Waals surface area contributed by atoms with E-state index in [1.165, 1.54) is 0 Å². The smallest absolute Gasteiger partial charge is 0.220 e. The van der Waals surface area contributed by atoms with Gasteiger partial charge in [-0.2, -0.15) is 0 Å². The van der Waals surface area contributed by atoms with E-state index in [0.29, 0.717) is 12.8 Å². The zero-order valence-electron chi connectivity index (χ0n) is 16.2. The highest BCUT2D eigenvalue weighted by molar-refractivity contribution is 5.76. The molecule has 0 saturated heterocycles. The molecule has 8 nitrogen and oxygen atoms in total. The maximum absolute atomic E-state index is 12.4. The Morgan fingerprint density at radius 2 is 2.07 bits per heavy atom. The van der Waals surface area contributed by atoms with Gasteiger partial charge < -0.3 is 14.4 Å². The van der Waals surface area contributed by atoms with Crippen molar-refractivity contribution in [3.8, 4) is 11.4 Å². The molecule has 1 aliphatic heterocycles. The molecule has 1 atom stereocenters. The van der Waals surface area contributed by atoms with E-state index in [0.717, 1.165) is 60.0 Å². The molecule has 3 aromatic rings. The first-order valence-electron chi connectivity index (χ1n) is 9.65. The third kappa shape index (κ3) is 3.81. The second-order valence-corrected chi connectivity index (χ2v) is 7.22. The van der Waals surface area contributed by atoms with Gasteiger partial charge in [0.2, 0.25) is 5.91 Å². The minimum atomic E-state index is 0.0667. The summed E-state index contributed by atoms with van der Waals surface area (Å²) in [4.78, 5) is 16.5. The van der Waals surface area contributed by atoms with E-state index in [4.69, 9.17) is 4.52 Å². The van der Waals surface area contributed by atoms with Gasteiger partial charge in [-0.05, 0) is 45.2 Å². The van der Waals surface area contributed by atoms with Gasteiger partial charge in [-0.3, -0.25) is 9.78 Å². The first kappa shape index (κ1) is 18.3. The molecule has 0 spiro atoms. The van der Waals surface area contributed by atoms with Crippen LogP contribution in [0.1, 0.15) is 42.1 Å². The van der Waals surface area contributed by atoms with E-state index in [-0.39, 0.29) is 11.9 Å². The Morgan fingerprint density at radius 1 is 1.25 bits per heavy atom. The van der Waals surface area contributed by atoms with Crippen molar-refractivity contribution in [3.63, 3.8) is 0 Å². The highest BCUT2D eigenvalue weighted by Crippen LogP contribution is 2.22. The summed E-state index contributed by atoms with van der Waals surface area (Å²) < 4.78 is 7.33. The number of amides is 1. The maximum atomic E-state index is 12.4. The van der Waals surface area contributed by atoms with Crippen LogP contribution in [-0.2, 0) is 24.2 Å². The maximum Gasteiger partial charge on any atom is 0.220 e. The molecule has 3 aromatic heterocycles. The van der Waals surface area contributed by atoms with Gasteiger partial charge in [0.25, 0.3) is 0 Å². The fourth-order valence-electron chi connectivity index (χ4n) is 3.74. The number of pyridine rings is 1. The molecular formula is C20H24N6O2. The molecule has 4 rings (SSSR count). The molecule has 0 saturated carbocycles. The van der Waals surface area contributed by atoms with Crippen molar-refractivity contribution >= 4 is 5.91 Å². The molecule has 4 heterocycles. The predicted molar refractivity (Wildman–Crippen MR) is 102 cm³/mol. The summed E-state index contributed by atoms with van der Waals surface area (Å²) in [6.07, 6.45) is 7.13. The average Bonchev–Trinajstić information content (AvgIpc) is 3.19. The summed E-state index contributed by atoms with van der Waals surface area (Å²) in [6.45, 7) is 4.58. The van der Waals surface area contributed by atoms with E-state index >= 15 is 0 Å². The quantitative estimate of drug-likeness (QED) is 0.730. The van der Waals surface area contributed by atoms with Gasteiger partial charge in [-0.1, -0.05) is 5.16 Å². The third-order valence-corrected chi connectivity index (χ3v) is 5.33. The molecule has 0 radical (unpaired) electrons. The largest absolute Gasteiger partial charge is 0.361 e. The van der Waals surface area contributed by atoms with Crippen molar-refractivity contribution in [1.82, 2.24) is 30.2 Å². The van der Waals surface area contributed by atoms with Gasteiger partial charge in [-0.25, -0.2) is 0 Å². The lowest BCUT2D eigenvalue weighted by Gasteiger charge is -2.16. The molecule has 0 bridgehead atoms. The number of carbonyl (C=O) groups excluding carboxylic acids is 1. The molecule has 1 N–H and O–H groups in total. The van der Waals surface area contributed by atoms with Crippen LogP contribution in [0.2, 0.25) is 0 Å². The number of hydrogen-bond donors (Lipinski definition) is 1. The molecule has 0 fully saturated rings. The van der Waals surface area contributed by atoms with Crippen molar-refractivity contribution in [3.05, 3.63) is 47.4 Å². The third-order valence-electron chi connectivity index (χ3n) is 5.33. The molecule has 1 aliphatic rings. The molecule has 28 heavy (non-hydrogen) atoms. The van der Waals surface area contributed by atoms with Gasteiger partial charge in [0, 0.05) is 48.9 Å². The van der Waals surface area contributed by atoms with Crippen LogP contribution in [0.4, 0.5) is 0 Å². The van der Waals surface area contributed by atoms with E-state index in [1.54, 1.807) is 12.4 Å². The van der Waals surface area contributed by atoms with Crippen molar-refractivity contribution in [2.45, 2.75) is 58.5 Å². The lowest BCUT2D eigenvalue weighted by Crippen LogP contribution is -2.35. The fourth-order valence-corrected chi connectivity index (χ4v) is 3.74. The number of fused-ring (bicyclic) bond motifs is 1. The Bertz CT molecular complexity index is 943. The van der Waals surface area contributed by atoms with Gasteiger partial charge in [-0.15, -0.1) is 10.2 Å². The summed E-state index contributed by atoms with van der Waals surface area (Å²) >= 11 is 0. The summed E-state index contributed by atoms with van der Waals surface area (Å²) in [5, 5.41) is 15.8. The minimum absolute atomic E-state index is 0.0667. The molecule has 8 heteroatoms. The second kappa shape index (κ2) is 7.92. The summed E-state index contributed by atoms with van der Waals surface area (Å²) in [5.74, 6) is 2.69. The van der Waals surface area contributed by atoms with E-state index in [1.807, 2.05) is 26.0 Å². The Morgan fingerprint density at radius 3 is 2.82 bits per heavy atom. The first-order chi connectivity index (χ1) is 13.6. The Labute approximate surface area is 163 Å². The lowest BCUT2D eigenvalue weighted by molar-refractivity contribution is -0.121. The zero-order chi connectivity index (χ0) is 19.5. The van der Waals surface area contributed by atoms with Crippen LogP contribution in [0.3, 0.4) is 0 Å². The zero-order valence-corrected chi connectivity index (χ0v) is 16.2. The summed E-state index contributed by atoms with van der Waals surface area (Å²) in [5.41, 5.74) is 2.90. The molecule has 1 amide bonds. The number of nitrogens with one attached hydrogen (secondary N) is 1. The van der Waals surface area contributed by atoms with Crippen molar-refractivity contribution < 1.29 is 9.32 Å². The molecule has 146 valence electrons. The fraction of sp³-hybridized carbons (Fsp3) is 0.450. The average molecular weight is 380 g/mol. The van der Waals surface area contributed by atoms with Crippen LogP contribution in [0.15, 0.2) is 29.0 Å². The van der Waals surface area contributed by atoms with Gasteiger partial charge in [0.15, 0.2) is 5.82 Å². The molecular weight excluding hydrogens is 356 g/mol. The normalized spacial score (nSPS) is 16.4. The van der Waals surface area contributed by atoms with Crippen molar-refractivity contribution in [1.29, 1.82) is 0 Å². The van der Waals surface area contributed by atoms with E-state index in [9.17, 15) is 4.79 Å². The highest BCUT2D eigenvalue weighted by Gasteiger charge is 2.22. The molecule has 0 aliphatic carbocycles. The SMILES string of the molecule is Cc1noc(C)c1CCC(=O)NC1CCc2nnc(-c3ccncc3)n2CC1. The van der Waals surface area contributed by atoms with Gasteiger partial charge in [0.1, 0.15) is 11.6 Å². The van der Waals surface area contributed by atoms with Crippen LogP contribution in [0.25, 0.3) is 11.4 Å². The Kier molecular flexibility index (Phi) is 5.18. The Hall–Kier alpha value is -3.03. The topological polar surface area (TPSA) is 98.7 Å². The number of aryl methyl sites for hydroxylation is 3. The summed E-state index contributed by atoms with van der Waals surface area (Å²) in [7, 11) is 0. The van der Waals surface area contributed by atoms with E-state index < -0.39 is 0 Å². The minimum Gasteiger partial charge on any atom is -0.361 e. The number of hydrogen-bond acceptors (Lipinski definition) is 6. The van der Waals surface area contributed by atoms with Crippen LogP contribution in [0, 0.1) is 13.8 Å². The van der Waals surface area contributed by atoms with Crippen LogP contribution in [0.5, 0.6) is 0 Å². The van der Waals surface area contributed by atoms with Crippen LogP contribution >= 0.6 is 0 Å². The standard InChI is InChI=1S/C20H24N6O2/c1-13-17(14(2)28-25-13)4-6-19(27)22-16-3-5-18-23-24-20(26(18)12-9-16)15-7-10-21-11-8-15/h7-8,10-11,16H,3-6,9,12H2,1-2H3,(H,22,27). The van der Waals surface area contributed by atoms with Crippen molar-refractivity contribution in [2.24, 2.45) is 0 Å². The number of nitrogens with zero attached hydrogens (tertiary/aromatic N) is 5. The van der Waals surface area contributed by atoms with Crippen LogP contribution < -0.4 is 5.32 Å². The highest BCUT2D eigenvalue weighted by atomic mass is 16.5. The first-order valence-corrected chi connectivity index (χ1v) is 9.65. The number of aromatic nitrogens is 5. The lowest BCUT2D eigenvalue weighted by atomic mass is 10.1. The molecule has 1 unspecified atom stereocenters. The number of carbonyl (C=O) groups is 1. The van der Waals surface area contributed by atoms with Crippen molar-refractivity contribution in [2.75, 3.05) is 0 Å². The van der Waals surface area contributed by atoms with Gasteiger partial charge >= 0.3 is 0 Å². The monoisotopic (exact) mass is 380 g/mol. The number of rotatable bonds is 5. The summed E-state index contributed by atoms with van der Waals surface area (Å²) in [6, 6.07) is 4.02. The second-order valence-electron chi connectivity index (χ2n) is 7.22. The van der Waals surface area contributed by atoms with Gasteiger partial charge in [0.05, 0.1) is 5.69 Å². The van der Waals surface area contributed by atoms with E-state index in [2.05, 4.69) is 30.2 Å². The Balaban J connectivity index is 1.35.